The molecule has 1 aromatic heterocycles. The number of sulfonamides is 1. The number of rotatable bonds is 5. The molecule has 0 N–H and O–H groups in total. The zero-order valence-electron chi connectivity index (χ0n) is 16.7. The number of piperazine rings is 1. The smallest absolute Gasteiger partial charge is 0.336 e. The predicted octanol–water partition coefficient (Wildman–Crippen LogP) is 3.52. The molecule has 8 heteroatoms. The molecule has 0 spiro atoms. The first kappa shape index (κ1) is 21.1. The van der Waals surface area contributed by atoms with Crippen molar-refractivity contribution >= 4 is 32.6 Å². The zero-order chi connectivity index (χ0) is 21.3. The summed E-state index contributed by atoms with van der Waals surface area (Å²) in [6.45, 7) is 4.49. The van der Waals surface area contributed by atoms with Crippen molar-refractivity contribution in [3.05, 3.63) is 75.1 Å². The third-order valence-electron chi connectivity index (χ3n) is 5.48. The molecular formula is C22H23ClN2O4S. The lowest BCUT2D eigenvalue weighted by molar-refractivity contribution is 0.182. The molecule has 1 fully saturated rings. The van der Waals surface area contributed by atoms with Crippen LogP contribution in [-0.2, 0) is 23.0 Å². The summed E-state index contributed by atoms with van der Waals surface area (Å²) >= 11 is 6.38. The van der Waals surface area contributed by atoms with E-state index >= 15 is 0 Å². The second kappa shape index (κ2) is 8.51. The van der Waals surface area contributed by atoms with Crippen LogP contribution in [0.4, 0.5) is 0 Å². The Hall–Kier alpha value is -2.19. The van der Waals surface area contributed by atoms with E-state index in [1.807, 2.05) is 19.1 Å². The third kappa shape index (κ3) is 4.16. The van der Waals surface area contributed by atoms with E-state index in [0.717, 1.165) is 22.9 Å². The Morgan fingerprint density at radius 3 is 2.37 bits per heavy atom. The minimum Gasteiger partial charge on any atom is -0.423 e. The Balaban J connectivity index is 1.52. The van der Waals surface area contributed by atoms with E-state index in [4.69, 9.17) is 16.0 Å². The molecule has 1 saturated heterocycles. The number of fused-ring (bicyclic) bond motifs is 1. The van der Waals surface area contributed by atoms with Gasteiger partial charge in [-0.05, 0) is 41.8 Å². The standard InChI is InChI=1S/C22H23ClN2O4S/c1-2-16-12-21-19(14-20(16)23)17(13-22(26)29-21)15-24-8-10-25(11-9-24)30(27,28)18-6-4-3-5-7-18/h3-7,12-14H,2,8-11,15H2,1H3. The lowest BCUT2D eigenvalue weighted by atomic mass is 10.1. The average molecular weight is 447 g/mol. The van der Waals surface area contributed by atoms with Gasteiger partial charge in [0.1, 0.15) is 5.58 Å². The van der Waals surface area contributed by atoms with Crippen LogP contribution >= 0.6 is 11.6 Å². The van der Waals surface area contributed by atoms with Gasteiger partial charge in [0.05, 0.1) is 4.90 Å². The third-order valence-corrected chi connectivity index (χ3v) is 7.75. The Morgan fingerprint density at radius 2 is 1.70 bits per heavy atom. The summed E-state index contributed by atoms with van der Waals surface area (Å²) < 4.78 is 32.5. The monoisotopic (exact) mass is 446 g/mol. The zero-order valence-corrected chi connectivity index (χ0v) is 18.2. The molecule has 4 rings (SSSR count). The first-order valence-electron chi connectivity index (χ1n) is 9.91. The highest BCUT2D eigenvalue weighted by atomic mass is 35.5. The van der Waals surface area contributed by atoms with Gasteiger partial charge in [0.2, 0.25) is 10.0 Å². The first-order chi connectivity index (χ1) is 14.4. The highest BCUT2D eigenvalue weighted by molar-refractivity contribution is 7.89. The van der Waals surface area contributed by atoms with Crippen LogP contribution in [0.5, 0.6) is 0 Å². The summed E-state index contributed by atoms with van der Waals surface area (Å²) in [7, 11) is -3.49. The summed E-state index contributed by atoms with van der Waals surface area (Å²) in [6.07, 6.45) is 0.751. The van der Waals surface area contributed by atoms with Crippen molar-refractivity contribution in [3.8, 4) is 0 Å². The van der Waals surface area contributed by atoms with Crippen molar-refractivity contribution in [1.29, 1.82) is 0 Å². The summed E-state index contributed by atoms with van der Waals surface area (Å²) in [4.78, 5) is 14.5. The number of nitrogens with zero attached hydrogens (tertiary/aromatic N) is 2. The van der Waals surface area contributed by atoms with E-state index in [-0.39, 0.29) is 0 Å². The van der Waals surface area contributed by atoms with Crippen LogP contribution in [0.3, 0.4) is 0 Å². The highest BCUT2D eigenvalue weighted by Crippen LogP contribution is 2.27. The van der Waals surface area contributed by atoms with E-state index in [1.165, 1.54) is 10.4 Å². The van der Waals surface area contributed by atoms with Gasteiger partial charge in [0.25, 0.3) is 0 Å². The highest BCUT2D eigenvalue weighted by Gasteiger charge is 2.28. The molecule has 30 heavy (non-hydrogen) atoms. The largest absolute Gasteiger partial charge is 0.423 e. The first-order valence-corrected chi connectivity index (χ1v) is 11.7. The lowest BCUT2D eigenvalue weighted by Gasteiger charge is -2.34. The molecular weight excluding hydrogens is 424 g/mol. The quantitative estimate of drug-likeness (QED) is 0.561. The maximum atomic E-state index is 12.8. The van der Waals surface area contributed by atoms with Gasteiger partial charge in [-0.1, -0.05) is 36.7 Å². The topological polar surface area (TPSA) is 70.8 Å². The second-order valence-electron chi connectivity index (χ2n) is 7.38. The molecule has 0 atom stereocenters. The maximum Gasteiger partial charge on any atom is 0.336 e. The lowest BCUT2D eigenvalue weighted by Crippen LogP contribution is -2.48. The van der Waals surface area contributed by atoms with Crippen LogP contribution in [0.1, 0.15) is 18.1 Å². The minimum absolute atomic E-state index is 0.312. The van der Waals surface area contributed by atoms with Gasteiger partial charge in [0, 0.05) is 49.2 Å². The van der Waals surface area contributed by atoms with Gasteiger partial charge in [-0.2, -0.15) is 4.31 Å². The van der Waals surface area contributed by atoms with E-state index < -0.39 is 15.6 Å². The van der Waals surface area contributed by atoms with Crippen molar-refractivity contribution < 1.29 is 12.8 Å². The molecule has 0 saturated carbocycles. The number of halogens is 1. The molecule has 0 unspecified atom stereocenters. The van der Waals surface area contributed by atoms with Crippen molar-refractivity contribution in [1.82, 2.24) is 9.21 Å². The molecule has 0 aliphatic carbocycles. The Labute approximate surface area is 180 Å². The molecule has 1 aliphatic rings. The number of benzene rings is 2. The summed E-state index contributed by atoms with van der Waals surface area (Å²) in [5.74, 6) is 0. The SMILES string of the molecule is CCc1cc2oc(=O)cc(CN3CCN(S(=O)(=O)c4ccccc4)CC3)c2cc1Cl. The molecule has 3 aromatic rings. The molecule has 0 bridgehead atoms. The second-order valence-corrected chi connectivity index (χ2v) is 9.72. The van der Waals surface area contributed by atoms with Gasteiger partial charge < -0.3 is 4.42 Å². The van der Waals surface area contributed by atoms with Crippen molar-refractivity contribution in [2.45, 2.75) is 24.8 Å². The summed E-state index contributed by atoms with van der Waals surface area (Å²) in [6, 6.07) is 13.7. The van der Waals surface area contributed by atoms with Crippen LogP contribution in [-0.4, -0.2) is 43.8 Å². The fourth-order valence-electron chi connectivity index (χ4n) is 3.80. The van der Waals surface area contributed by atoms with Crippen LogP contribution < -0.4 is 5.63 Å². The van der Waals surface area contributed by atoms with Crippen molar-refractivity contribution in [2.24, 2.45) is 0 Å². The fraction of sp³-hybridized carbons (Fsp3) is 0.318. The van der Waals surface area contributed by atoms with Crippen LogP contribution in [0.25, 0.3) is 11.0 Å². The average Bonchev–Trinajstić information content (AvgIpc) is 2.75. The van der Waals surface area contributed by atoms with E-state index in [2.05, 4.69) is 4.90 Å². The number of hydrogen-bond donors (Lipinski definition) is 0. The number of hydrogen-bond acceptors (Lipinski definition) is 5. The fourth-order valence-corrected chi connectivity index (χ4v) is 5.54. The van der Waals surface area contributed by atoms with Crippen LogP contribution in [0.15, 0.2) is 62.6 Å². The molecule has 158 valence electrons. The van der Waals surface area contributed by atoms with Gasteiger partial charge in [0.15, 0.2) is 0 Å². The van der Waals surface area contributed by atoms with Crippen molar-refractivity contribution in [3.63, 3.8) is 0 Å². The molecule has 0 radical (unpaired) electrons. The Bertz CT molecular complexity index is 1220. The molecule has 1 aliphatic heterocycles. The van der Waals surface area contributed by atoms with Gasteiger partial charge in [-0.15, -0.1) is 0 Å². The molecule has 2 heterocycles. The van der Waals surface area contributed by atoms with Gasteiger partial charge in [-0.25, -0.2) is 13.2 Å². The number of aryl methyl sites for hydroxylation is 1. The normalized spacial score (nSPS) is 16.2. The van der Waals surface area contributed by atoms with E-state index in [0.29, 0.717) is 48.2 Å². The van der Waals surface area contributed by atoms with Crippen LogP contribution in [0, 0.1) is 0 Å². The molecule has 0 amide bonds. The molecule has 6 nitrogen and oxygen atoms in total. The Kier molecular flexibility index (Phi) is 5.97. The molecule has 2 aromatic carbocycles. The predicted molar refractivity (Wildman–Crippen MR) is 117 cm³/mol. The van der Waals surface area contributed by atoms with Crippen LogP contribution in [0.2, 0.25) is 5.02 Å². The van der Waals surface area contributed by atoms with Gasteiger partial charge >= 0.3 is 5.63 Å². The minimum atomic E-state index is -3.49. The summed E-state index contributed by atoms with van der Waals surface area (Å²) in [5.41, 5.74) is 1.91. The Morgan fingerprint density at radius 1 is 1.00 bits per heavy atom. The van der Waals surface area contributed by atoms with Gasteiger partial charge in [-0.3, -0.25) is 4.90 Å². The van der Waals surface area contributed by atoms with E-state index in [1.54, 1.807) is 30.3 Å². The summed E-state index contributed by atoms with van der Waals surface area (Å²) in [5, 5.41) is 1.47. The van der Waals surface area contributed by atoms with Crippen molar-refractivity contribution in [2.75, 3.05) is 26.2 Å². The maximum absolute atomic E-state index is 12.8. The van der Waals surface area contributed by atoms with E-state index in [9.17, 15) is 13.2 Å².